The zero-order valence-corrected chi connectivity index (χ0v) is 18.5. The second kappa shape index (κ2) is 7.84. The van der Waals surface area contributed by atoms with E-state index in [0.29, 0.717) is 30.8 Å². The number of hydrogen-bond donors (Lipinski definition) is 0. The molecule has 0 amide bonds. The third-order valence-corrected chi connectivity index (χ3v) is 9.28. The van der Waals surface area contributed by atoms with Gasteiger partial charge in [0.05, 0.1) is 15.6 Å². The highest BCUT2D eigenvalue weighted by Crippen LogP contribution is 2.37. The Morgan fingerprint density at radius 2 is 1.68 bits per heavy atom. The lowest BCUT2D eigenvalue weighted by atomic mass is 10.2. The summed E-state index contributed by atoms with van der Waals surface area (Å²) in [6, 6.07) is 8.81. The van der Waals surface area contributed by atoms with Crippen LogP contribution in [-0.4, -0.2) is 40.8 Å². The zero-order valence-electron chi connectivity index (χ0n) is 15.4. The summed E-state index contributed by atoms with van der Waals surface area (Å²) in [4.78, 5) is 0.0874. The SMILES string of the molecule is CCN(CC)S(=O)(=O)c1ccc2c(c1)CCN2S(=O)(=O)c1cc(Cl)ccc1Cl. The van der Waals surface area contributed by atoms with Crippen molar-refractivity contribution in [3.8, 4) is 0 Å². The molecule has 152 valence electrons. The predicted octanol–water partition coefficient (Wildman–Crippen LogP) is 3.78. The van der Waals surface area contributed by atoms with Crippen molar-refractivity contribution < 1.29 is 16.8 Å². The average Bonchev–Trinajstić information content (AvgIpc) is 3.08. The normalized spacial score (nSPS) is 14.5. The standard InChI is InChI=1S/C18H20Cl2N2O4S2/c1-3-21(4-2)27(23,24)15-6-8-17-13(11-15)9-10-22(17)28(25,26)18-12-14(19)5-7-16(18)20/h5-8,11-12H,3-4,9-10H2,1-2H3. The van der Waals surface area contributed by atoms with Crippen LogP contribution in [0.3, 0.4) is 0 Å². The van der Waals surface area contributed by atoms with Gasteiger partial charge in [-0.1, -0.05) is 37.0 Å². The minimum Gasteiger partial charge on any atom is -0.266 e. The molecule has 0 saturated carbocycles. The Morgan fingerprint density at radius 3 is 2.32 bits per heavy atom. The highest BCUT2D eigenvalue weighted by molar-refractivity contribution is 7.93. The molecule has 0 saturated heterocycles. The molecule has 2 aromatic carbocycles. The minimum absolute atomic E-state index is 0.0747. The van der Waals surface area contributed by atoms with Crippen LogP contribution in [0.4, 0.5) is 5.69 Å². The molecule has 3 rings (SSSR count). The number of rotatable bonds is 6. The summed E-state index contributed by atoms with van der Waals surface area (Å²) in [7, 11) is -7.54. The molecule has 0 bridgehead atoms. The third-order valence-electron chi connectivity index (χ3n) is 4.71. The van der Waals surface area contributed by atoms with E-state index in [1.165, 1.54) is 38.9 Å². The van der Waals surface area contributed by atoms with E-state index in [2.05, 4.69) is 0 Å². The molecule has 1 aliphatic rings. The fraction of sp³-hybridized carbons (Fsp3) is 0.333. The molecule has 10 heteroatoms. The quantitative estimate of drug-likeness (QED) is 0.654. The maximum atomic E-state index is 13.1. The smallest absolute Gasteiger partial charge is 0.265 e. The van der Waals surface area contributed by atoms with E-state index in [-0.39, 0.29) is 26.4 Å². The van der Waals surface area contributed by atoms with Gasteiger partial charge in [-0.2, -0.15) is 4.31 Å². The van der Waals surface area contributed by atoms with Crippen LogP contribution in [0.2, 0.25) is 10.0 Å². The topological polar surface area (TPSA) is 74.8 Å². The van der Waals surface area contributed by atoms with Crippen molar-refractivity contribution in [1.29, 1.82) is 0 Å². The first-order valence-electron chi connectivity index (χ1n) is 8.73. The summed E-state index contributed by atoms with van der Waals surface area (Å²) in [5.41, 5.74) is 1.12. The van der Waals surface area contributed by atoms with Gasteiger partial charge in [-0.3, -0.25) is 4.31 Å². The van der Waals surface area contributed by atoms with E-state index in [9.17, 15) is 16.8 Å². The molecule has 0 aromatic heterocycles. The second-order valence-electron chi connectivity index (χ2n) is 6.28. The molecule has 1 heterocycles. The minimum atomic E-state index is -3.92. The second-order valence-corrected chi connectivity index (χ2v) is 10.9. The average molecular weight is 463 g/mol. The lowest BCUT2D eigenvalue weighted by molar-refractivity contribution is 0.445. The molecule has 2 aromatic rings. The van der Waals surface area contributed by atoms with E-state index < -0.39 is 20.0 Å². The lowest BCUT2D eigenvalue weighted by Crippen LogP contribution is -2.31. The molecule has 0 atom stereocenters. The van der Waals surface area contributed by atoms with Crippen molar-refractivity contribution in [1.82, 2.24) is 4.31 Å². The molecule has 1 aliphatic heterocycles. The van der Waals surface area contributed by atoms with Gasteiger partial charge >= 0.3 is 0 Å². The van der Waals surface area contributed by atoms with Gasteiger partial charge in [0.25, 0.3) is 10.0 Å². The van der Waals surface area contributed by atoms with Crippen molar-refractivity contribution in [3.05, 3.63) is 52.0 Å². The van der Waals surface area contributed by atoms with Crippen LogP contribution in [0, 0.1) is 0 Å². The van der Waals surface area contributed by atoms with Crippen molar-refractivity contribution in [2.75, 3.05) is 23.9 Å². The molecular weight excluding hydrogens is 443 g/mol. The van der Waals surface area contributed by atoms with E-state index in [1.807, 2.05) is 0 Å². The number of hydrogen-bond acceptors (Lipinski definition) is 4. The van der Waals surface area contributed by atoms with Crippen LogP contribution in [0.5, 0.6) is 0 Å². The van der Waals surface area contributed by atoms with E-state index in [1.54, 1.807) is 19.9 Å². The van der Waals surface area contributed by atoms with Gasteiger partial charge < -0.3 is 0 Å². The molecule has 0 aliphatic carbocycles. The number of benzene rings is 2. The Morgan fingerprint density at radius 1 is 1.00 bits per heavy atom. The third kappa shape index (κ3) is 3.64. The fourth-order valence-electron chi connectivity index (χ4n) is 3.26. The van der Waals surface area contributed by atoms with Crippen LogP contribution >= 0.6 is 23.2 Å². The van der Waals surface area contributed by atoms with Crippen LogP contribution in [0.1, 0.15) is 19.4 Å². The van der Waals surface area contributed by atoms with Gasteiger partial charge in [0.2, 0.25) is 10.0 Å². The number of sulfonamides is 2. The molecular formula is C18H20Cl2N2O4S2. The maximum Gasteiger partial charge on any atom is 0.265 e. The Kier molecular flexibility index (Phi) is 5.99. The van der Waals surface area contributed by atoms with Gasteiger partial charge in [-0.25, -0.2) is 16.8 Å². The Labute approximate surface area is 175 Å². The van der Waals surface area contributed by atoms with E-state index in [4.69, 9.17) is 23.2 Å². The largest absolute Gasteiger partial charge is 0.266 e. The van der Waals surface area contributed by atoms with E-state index >= 15 is 0 Å². The first-order chi connectivity index (χ1) is 13.1. The highest BCUT2D eigenvalue weighted by Gasteiger charge is 2.34. The molecule has 0 spiro atoms. The maximum absolute atomic E-state index is 13.1. The molecule has 6 nitrogen and oxygen atoms in total. The molecule has 0 N–H and O–H groups in total. The summed E-state index contributed by atoms with van der Waals surface area (Å²) in [6.07, 6.45) is 0.411. The van der Waals surface area contributed by atoms with Crippen molar-refractivity contribution in [3.63, 3.8) is 0 Å². The summed E-state index contributed by atoms with van der Waals surface area (Å²) >= 11 is 12.0. The van der Waals surface area contributed by atoms with Crippen molar-refractivity contribution in [2.24, 2.45) is 0 Å². The first kappa shape index (κ1) is 21.4. The molecule has 0 fully saturated rings. The summed E-state index contributed by atoms with van der Waals surface area (Å²) in [5.74, 6) is 0. The predicted molar refractivity (Wildman–Crippen MR) is 111 cm³/mol. The molecule has 0 radical (unpaired) electrons. The number of nitrogens with zero attached hydrogens (tertiary/aromatic N) is 2. The Balaban J connectivity index is 2.03. The van der Waals surface area contributed by atoms with Crippen LogP contribution in [0.15, 0.2) is 46.2 Å². The van der Waals surface area contributed by atoms with Gasteiger partial charge in [-0.05, 0) is 48.4 Å². The first-order valence-corrected chi connectivity index (χ1v) is 12.4. The lowest BCUT2D eigenvalue weighted by Gasteiger charge is -2.21. The fourth-order valence-corrected chi connectivity index (χ4v) is 7.02. The monoisotopic (exact) mass is 462 g/mol. The molecule has 0 unspecified atom stereocenters. The number of halogens is 2. The zero-order chi connectivity index (χ0) is 20.7. The number of anilines is 1. The van der Waals surface area contributed by atoms with Crippen LogP contribution < -0.4 is 4.31 Å². The Bertz CT molecular complexity index is 1110. The van der Waals surface area contributed by atoms with Gasteiger partial charge in [0.15, 0.2) is 0 Å². The number of fused-ring (bicyclic) bond motifs is 1. The van der Waals surface area contributed by atoms with Crippen molar-refractivity contribution in [2.45, 2.75) is 30.1 Å². The molecule has 28 heavy (non-hydrogen) atoms. The summed E-state index contributed by atoms with van der Waals surface area (Å²) in [5, 5.41) is 0.349. The van der Waals surface area contributed by atoms with Gasteiger partial charge in [0.1, 0.15) is 4.90 Å². The van der Waals surface area contributed by atoms with E-state index in [0.717, 1.165) is 0 Å². The van der Waals surface area contributed by atoms with Crippen LogP contribution in [0.25, 0.3) is 0 Å². The summed E-state index contributed by atoms with van der Waals surface area (Å²) < 4.78 is 54.3. The summed E-state index contributed by atoms with van der Waals surface area (Å²) in [6.45, 7) is 4.48. The highest BCUT2D eigenvalue weighted by atomic mass is 35.5. The van der Waals surface area contributed by atoms with Crippen molar-refractivity contribution >= 4 is 48.9 Å². The van der Waals surface area contributed by atoms with Gasteiger partial charge in [-0.15, -0.1) is 0 Å². The Hall–Kier alpha value is -1.32. The van der Waals surface area contributed by atoms with Gasteiger partial charge in [0, 0.05) is 24.7 Å². The van der Waals surface area contributed by atoms with Crippen LogP contribution in [-0.2, 0) is 26.5 Å².